The molecule has 0 amide bonds. The average molecular weight is 329 g/mol. The van der Waals surface area contributed by atoms with Crippen LogP contribution in [0, 0.1) is 29.6 Å². The van der Waals surface area contributed by atoms with Crippen molar-refractivity contribution in [2.45, 2.75) is 19.5 Å². The second-order valence-corrected chi connectivity index (χ2v) is 5.30. The molecule has 0 heterocycles. The minimum atomic E-state index is -4.61. The zero-order chi connectivity index (χ0) is 17.9. The molecule has 0 saturated carbocycles. The number of nitrogens with zero attached hydrogens (tertiary/aromatic N) is 2. The van der Waals surface area contributed by atoms with Crippen LogP contribution in [0.1, 0.15) is 27.8 Å². The summed E-state index contributed by atoms with van der Waals surface area (Å²) in [5.41, 5.74) is 5.92. The quantitative estimate of drug-likeness (QED) is 0.927. The van der Waals surface area contributed by atoms with E-state index < -0.39 is 11.7 Å². The molecule has 2 aromatic carbocycles. The Bertz CT molecular complexity index is 838. The second-order valence-electron chi connectivity index (χ2n) is 5.30. The number of nitrogens with two attached hydrogens (primary N) is 1. The molecule has 0 radical (unpaired) electrons. The van der Waals surface area contributed by atoms with Gasteiger partial charge in [0.1, 0.15) is 6.07 Å². The minimum absolute atomic E-state index is 0.0158. The third-order valence-electron chi connectivity index (χ3n) is 3.83. The van der Waals surface area contributed by atoms with Gasteiger partial charge in [0, 0.05) is 5.56 Å². The van der Waals surface area contributed by atoms with Crippen molar-refractivity contribution in [1.29, 1.82) is 10.5 Å². The Balaban J connectivity index is 2.83. The fraction of sp³-hybridized carbons (Fsp3) is 0.222. The van der Waals surface area contributed by atoms with E-state index in [0.717, 1.165) is 6.07 Å². The molecule has 2 aromatic rings. The first-order valence-electron chi connectivity index (χ1n) is 7.17. The summed E-state index contributed by atoms with van der Waals surface area (Å²) in [6, 6.07) is 10.6. The van der Waals surface area contributed by atoms with Crippen LogP contribution in [0.5, 0.6) is 0 Å². The Morgan fingerprint density at radius 1 is 1.08 bits per heavy atom. The van der Waals surface area contributed by atoms with Gasteiger partial charge in [-0.05, 0) is 54.8 Å². The Morgan fingerprint density at radius 2 is 1.71 bits per heavy atom. The van der Waals surface area contributed by atoms with Crippen molar-refractivity contribution < 1.29 is 13.2 Å². The second kappa shape index (κ2) is 6.74. The van der Waals surface area contributed by atoms with Crippen LogP contribution in [0.4, 0.5) is 13.2 Å². The molecule has 122 valence electrons. The highest BCUT2D eigenvalue weighted by Gasteiger charge is 2.36. The van der Waals surface area contributed by atoms with E-state index in [1.54, 1.807) is 6.92 Å². The molecular weight excluding hydrogens is 315 g/mol. The third-order valence-corrected chi connectivity index (χ3v) is 3.83. The Hall–Kier alpha value is -2.83. The highest BCUT2D eigenvalue weighted by molar-refractivity contribution is 5.77. The predicted molar refractivity (Wildman–Crippen MR) is 83.8 cm³/mol. The molecule has 0 bridgehead atoms. The molecule has 0 atom stereocenters. The zero-order valence-corrected chi connectivity index (χ0v) is 12.9. The third kappa shape index (κ3) is 3.24. The topological polar surface area (TPSA) is 73.6 Å². The Morgan fingerprint density at radius 3 is 2.17 bits per heavy atom. The molecule has 3 nitrogen and oxygen atoms in total. The van der Waals surface area contributed by atoms with Gasteiger partial charge in [-0.2, -0.15) is 23.7 Å². The number of nitriles is 2. The van der Waals surface area contributed by atoms with Gasteiger partial charge in [0.25, 0.3) is 0 Å². The van der Waals surface area contributed by atoms with Gasteiger partial charge in [-0.15, -0.1) is 0 Å². The highest BCUT2D eigenvalue weighted by atomic mass is 19.4. The molecule has 0 fully saturated rings. The lowest BCUT2D eigenvalue weighted by atomic mass is 9.87. The molecule has 0 spiro atoms. The molecule has 0 saturated heterocycles. The number of rotatable bonds is 3. The molecule has 0 aliphatic heterocycles. The number of hydrogen-bond acceptors (Lipinski definition) is 3. The average Bonchev–Trinajstić information content (AvgIpc) is 2.55. The number of halogens is 3. The molecule has 24 heavy (non-hydrogen) atoms. The van der Waals surface area contributed by atoms with Gasteiger partial charge in [-0.1, -0.05) is 12.1 Å². The zero-order valence-electron chi connectivity index (χ0n) is 12.9. The van der Waals surface area contributed by atoms with E-state index >= 15 is 0 Å². The van der Waals surface area contributed by atoms with Gasteiger partial charge in [0.2, 0.25) is 0 Å². The van der Waals surface area contributed by atoms with Crippen molar-refractivity contribution >= 4 is 0 Å². The van der Waals surface area contributed by atoms with Gasteiger partial charge >= 0.3 is 6.18 Å². The smallest absolute Gasteiger partial charge is 0.330 e. The first-order chi connectivity index (χ1) is 11.3. The lowest BCUT2D eigenvalue weighted by Crippen LogP contribution is -2.13. The largest absolute Gasteiger partial charge is 0.417 e. The van der Waals surface area contributed by atoms with Crippen LogP contribution < -0.4 is 5.73 Å². The molecule has 6 heteroatoms. The fourth-order valence-corrected chi connectivity index (χ4v) is 2.63. The van der Waals surface area contributed by atoms with Crippen molar-refractivity contribution in [2.75, 3.05) is 6.54 Å². The van der Waals surface area contributed by atoms with E-state index in [1.165, 1.54) is 24.3 Å². The van der Waals surface area contributed by atoms with Crippen LogP contribution in [0.3, 0.4) is 0 Å². The molecule has 0 aromatic heterocycles. The maximum absolute atomic E-state index is 13.6. The van der Waals surface area contributed by atoms with Crippen molar-refractivity contribution in [3.8, 4) is 23.3 Å². The summed E-state index contributed by atoms with van der Waals surface area (Å²) in [5, 5.41) is 18.3. The Kier molecular flexibility index (Phi) is 4.92. The lowest BCUT2D eigenvalue weighted by molar-refractivity contribution is -0.137. The summed E-state index contributed by atoms with van der Waals surface area (Å²) in [6.45, 7) is 1.82. The van der Waals surface area contributed by atoms with E-state index in [4.69, 9.17) is 11.0 Å². The first-order valence-corrected chi connectivity index (χ1v) is 7.17. The SMILES string of the molecule is Cc1c(CCN)cc(C(F)(F)F)c(-c2ccc(C#N)cc2)c1C#N. The van der Waals surface area contributed by atoms with Crippen LogP contribution in [0.15, 0.2) is 30.3 Å². The number of alkyl halides is 3. The van der Waals surface area contributed by atoms with E-state index in [-0.39, 0.29) is 29.7 Å². The van der Waals surface area contributed by atoms with Crippen LogP contribution in [-0.2, 0) is 12.6 Å². The standard InChI is InChI=1S/C18H14F3N3/c1-11-14(6-7-22)8-16(18(19,20)21)17(15(11)10-24)13-4-2-12(9-23)3-5-13/h2-5,8H,6-7,22H2,1H3. The van der Waals surface area contributed by atoms with Crippen molar-refractivity contribution in [3.63, 3.8) is 0 Å². The number of benzene rings is 2. The molecule has 2 rings (SSSR count). The monoisotopic (exact) mass is 329 g/mol. The van der Waals surface area contributed by atoms with Crippen molar-refractivity contribution in [3.05, 3.63) is 58.1 Å². The van der Waals surface area contributed by atoms with E-state index in [1.807, 2.05) is 12.1 Å². The summed E-state index contributed by atoms with van der Waals surface area (Å²) in [6.07, 6.45) is -4.34. The highest BCUT2D eigenvalue weighted by Crippen LogP contribution is 2.41. The predicted octanol–water partition coefficient (Wildman–Crippen LogP) is 3.93. The van der Waals surface area contributed by atoms with E-state index in [0.29, 0.717) is 16.7 Å². The lowest BCUT2D eigenvalue weighted by Gasteiger charge is -2.19. The van der Waals surface area contributed by atoms with E-state index in [9.17, 15) is 18.4 Å². The molecule has 0 aliphatic rings. The van der Waals surface area contributed by atoms with Crippen LogP contribution in [-0.4, -0.2) is 6.54 Å². The van der Waals surface area contributed by atoms with Gasteiger partial charge in [0.05, 0.1) is 22.8 Å². The molecular formula is C18H14F3N3. The molecule has 0 aliphatic carbocycles. The van der Waals surface area contributed by atoms with Crippen LogP contribution >= 0.6 is 0 Å². The van der Waals surface area contributed by atoms with Crippen molar-refractivity contribution in [1.82, 2.24) is 0 Å². The maximum atomic E-state index is 13.6. The Labute approximate surface area is 137 Å². The minimum Gasteiger partial charge on any atom is -0.330 e. The summed E-state index contributed by atoms with van der Waals surface area (Å²) in [7, 11) is 0. The van der Waals surface area contributed by atoms with Gasteiger partial charge in [-0.3, -0.25) is 0 Å². The first kappa shape index (κ1) is 17.5. The molecule has 2 N–H and O–H groups in total. The van der Waals surface area contributed by atoms with Gasteiger partial charge in [0.15, 0.2) is 0 Å². The van der Waals surface area contributed by atoms with Crippen LogP contribution in [0.2, 0.25) is 0 Å². The summed E-state index contributed by atoms with van der Waals surface area (Å²) < 4.78 is 40.7. The van der Waals surface area contributed by atoms with Gasteiger partial charge in [-0.25, -0.2) is 0 Å². The van der Waals surface area contributed by atoms with Crippen molar-refractivity contribution in [2.24, 2.45) is 5.73 Å². The number of hydrogen-bond donors (Lipinski definition) is 1. The molecule has 0 unspecified atom stereocenters. The van der Waals surface area contributed by atoms with Gasteiger partial charge < -0.3 is 5.73 Å². The van der Waals surface area contributed by atoms with E-state index in [2.05, 4.69) is 0 Å². The summed E-state index contributed by atoms with van der Waals surface area (Å²) in [5.74, 6) is 0. The summed E-state index contributed by atoms with van der Waals surface area (Å²) >= 11 is 0. The summed E-state index contributed by atoms with van der Waals surface area (Å²) in [4.78, 5) is 0. The normalized spacial score (nSPS) is 11.0. The van der Waals surface area contributed by atoms with Crippen LogP contribution in [0.25, 0.3) is 11.1 Å². The maximum Gasteiger partial charge on any atom is 0.417 e. The fourth-order valence-electron chi connectivity index (χ4n) is 2.63.